The lowest BCUT2D eigenvalue weighted by molar-refractivity contribution is -0.132. The Balaban J connectivity index is 2.40. The van der Waals surface area contributed by atoms with Gasteiger partial charge in [0.2, 0.25) is 0 Å². The lowest BCUT2D eigenvalue weighted by atomic mass is 9.96. The number of hydrogen-bond donors (Lipinski definition) is 2. The first kappa shape index (κ1) is 8.97. The summed E-state index contributed by atoms with van der Waals surface area (Å²) in [5.41, 5.74) is 0. The molecule has 3 heteroatoms. The van der Waals surface area contributed by atoms with E-state index in [0.29, 0.717) is 12.3 Å². The van der Waals surface area contributed by atoms with E-state index in [1.807, 2.05) is 0 Å². The zero-order chi connectivity index (χ0) is 8.43. The number of aliphatic hydroxyl groups excluding tert-OH is 2. The Morgan fingerprint density at radius 3 is 2.36 bits per heavy atom. The van der Waals surface area contributed by atoms with E-state index < -0.39 is 12.2 Å². The third-order valence-electron chi connectivity index (χ3n) is 2.14. The Kier molecular flexibility index (Phi) is 2.87. The predicted octanol–water partition coefficient (Wildman–Crippen LogP) is 0.153. The van der Waals surface area contributed by atoms with E-state index in [0.717, 1.165) is 0 Å². The Morgan fingerprint density at radius 1 is 1.27 bits per heavy atom. The molecule has 1 fully saturated rings. The van der Waals surface area contributed by atoms with Crippen molar-refractivity contribution >= 4 is 0 Å². The van der Waals surface area contributed by atoms with E-state index in [2.05, 4.69) is 13.8 Å². The summed E-state index contributed by atoms with van der Waals surface area (Å²) in [6.07, 6.45) is -0.631. The Bertz CT molecular complexity index is 125. The van der Waals surface area contributed by atoms with Crippen LogP contribution in [0.25, 0.3) is 0 Å². The Hall–Kier alpha value is -0.120. The average molecular weight is 160 g/mol. The highest BCUT2D eigenvalue weighted by Gasteiger charge is 2.29. The largest absolute Gasteiger partial charge is 0.390 e. The molecule has 0 bridgehead atoms. The molecule has 0 radical (unpaired) electrons. The molecule has 0 aromatic heterocycles. The minimum Gasteiger partial charge on any atom is -0.390 e. The maximum absolute atomic E-state index is 9.27. The maximum atomic E-state index is 9.27. The zero-order valence-electron chi connectivity index (χ0n) is 7.03. The molecular weight excluding hydrogens is 144 g/mol. The molecule has 2 N–H and O–H groups in total. The van der Waals surface area contributed by atoms with E-state index in [9.17, 15) is 5.11 Å². The number of hydrogen-bond acceptors (Lipinski definition) is 3. The van der Waals surface area contributed by atoms with Crippen LogP contribution in [0.4, 0.5) is 0 Å². The van der Waals surface area contributed by atoms with Crippen LogP contribution in [0.5, 0.6) is 0 Å². The van der Waals surface area contributed by atoms with Crippen LogP contribution in [0.15, 0.2) is 0 Å². The summed E-state index contributed by atoms with van der Waals surface area (Å²) in [5.74, 6) is 0.414. The first-order valence-corrected chi connectivity index (χ1v) is 4.09. The highest BCUT2D eigenvalue weighted by Crippen LogP contribution is 2.20. The highest BCUT2D eigenvalue weighted by atomic mass is 16.5. The molecule has 0 spiro atoms. The van der Waals surface area contributed by atoms with Crippen molar-refractivity contribution in [3.05, 3.63) is 0 Å². The van der Waals surface area contributed by atoms with Crippen LogP contribution >= 0.6 is 0 Å². The predicted molar refractivity (Wildman–Crippen MR) is 41.2 cm³/mol. The number of rotatable bonds is 1. The quantitative estimate of drug-likeness (QED) is 0.574. The number of ether oxygens (including phenoxy) is 1. The number of aliphatic hydroxyl groups is 2. The van der Waals surface area contributed by atoms with Crippen molar-refractivity contribution in [2.75, 3.05) is 6.61 Å². The van der Waals surface area contributed by atoms with E-state index >= 15 is 0 Å². The Labute approximate surface area is 67.0 Å². The van der Waals surface area contributed by atoms with Gasteiger partial charge in [-0.3, -0.25) is 0 Å². The topological polar surface area (TPSA) is 49.7 Å². The van der Waals surface area contributed by atoms with Crippen LogP contribution < -0.4 is 0 Å². The highest BCUT2D eigenvalue weighted by molar-refractivity contribution is 4.78. The summed E-state index contributed by atoms with van der Waals surface area (Å²) >= 11 is 0. The lowest BCUT2D eigenvalue weighted by Gasteiger charge is -2.32. The monoisotopic (exact) mass is 160 g/mol. The van der Waals surface area contributed by atoms with Crippen molar-refractivity contribution in [3.8, 4) is 0 Å². The summed E-state index contributed by atoms with van der Waals surface area (Å²) in [7, 11) is 0. The minimum atomic E-state index is -0.690. The first-order valence-electron chi connectivity index (χ1n) is 4.09. The molecule has 1 saturated heterocycles. The van der Waals surface area contributed by atoms with Gasteiger partial charge >= 0.3 is 0 Å². The molecule has 1 aliphatic heterocycles. The molecule has 0 aliphatic carbocycles. The second-order valence-corrected chi connectivity index (χ2v) is 3.49. The first-order chi connectivity index (χ1) is 5.11. The molecule has 1 rings (SSSR count). The van der Waals surface area contributed by atoms with E-state index in [-0.39, 0.29) is 12.7 Å². The van der Waals surface area contributed by atoms with E-state index in [4.69, 9.17) is 9.84 Å². The second kappa shape index (κ2) is 3.52. The van der Waals surface area contributed by atoms with Crippen molar-refractivity contribution in [2.24, 2.45) is 5.92 Å². The van der Waals surface area contributed by atoms with Crippen LogP contribution in [0, 0.1) is 5.92 Å². The third kappa shape index (κ3) is 2.15. The summed E-state index contributed by atoms with van der Waals surface area (Å²) in [5, 5.41) is 18.4. The lowest BCUT2D eigenvalue weighted by Crippen LogP contribution is -2.42. The molecule has 11 heavy (non-hydrogen) atoms. The Morgan fingerprint density at radius 2 is 1.91 bits per heavy atom. The fourth-order valence-corrected chi connectivity index (χ4v) is 1.26. The van der Waals surface area contributed by atoms with E-state index in [1.165, 1.54) is 0 Å². The van der Waals surface area contributed by atoms with Crippen LogP contribution in [-0.4, -0.2) is 35.1 Å². The molecule has 0 saturated carbocycles. The average Bonchev–Trinajstić information content (AvgIpc) is 1.94. The molecular formula is C8H16O3. The minimum absolute atomic E-state index is 0.105. The normalized spacial score (nSPS) is 39.5. The van der Waals surface area contributed by atoms with Gasteiger partial charge in [0.25, 0.3) is 0 Å². The second-order valence-electron chi connectivity index (χ2n) is 3.49. The smallest absolute Gasteiger partial charge is 0.103 e. The van der Waals surface area contributed by atoms with Gasteiger partial charge in [0.15, 0.2) is 0 Å². The molecule has 0 amide bonds. The van der Waals surface area contributed by atoms with Crippen LogP contribution in [-0.2, 0) is 4.74 Å². The summed E-state index contributed by atoms with van der Waals surface area (Å²) in [6.45, 7) is 4.37. The molecule has 0 aromatic carbocycles. The van der Waals surface area contributed by atoms with Gasteiger partial charge in [0, 0.05) is 6.42 Å². The van der Waals surface area contributed by atoms with Gasteiger partial charge in [-0.15, -0.1) is 0 Å². The van der Waals surface area contributed by atoms with Crippen molar-refractivity contribution in [2.45, 2.75) is 38.6 Å². The zero-order valence-corrected chi connectivity index (χ0v) is 7.03. The molecule has 0 aromatic rings. The molecule has 1 aliphatic rings. The van der Waals surface area contributed by atoms with Crippen molar-refractivity contribution in [1.82, 2.24) is 0 Å². The van der Waals surface area contributed by atoms with Gasteiger partial charge in [-0.2, -0.15) is 0 Å². The van der Waals surface area contributed by atoms with Crippen LogP contribution in [0.1, 0.15) is 20.3 Å². The summed E-state index contributed by atoms with van der Waals surface area (Å²) in [6, 6.07) is 0. The molecule has 66 valence electrons. The summed E-state index contributed by atoms with van der Waals surface area (Å²) in [4.78, 5) is 0. The van der Waals surface area contributed by atoms with Crippen LogP contribution in [0.2, 0.25) is 0 Å². The molecule has 1 heterocycles. The fraction of sp³-hybridized carbons (Fsp3) is 1.00. The SMILES string of the molecule is CC(C)C1CC(O)[C@@H](O)CO1. The maximum Gasteiger partial charge on any atom is 0.103 e. The van der Waals surface area contributed by atoms with Gasteiger partial charge in [0.05, 0.1) is 18.8 Å². The summed E-state index contributed by atoms with van der Waals surface area (Å²) < 4.78 is 5.31. The van der Waals surface area contributed by atoms with Gasteiger partial charge in [-0.05, 0) is 5.92 Å². The fourth-order valence-electron chi connectivity index (χ4n) is 1.26. The van der Waals surface area contributed by atoms with Gasteiger partial charge in [-0.25, -0.2) is 0 Å². The van der Waals surface area contributed by atoms with Crippen molar-refractivity contribution in [1.29, 1.82) is 0 Å². The van der Waals surface area contributed by atoms with Crippen molar-refractivity contribution in [3.63, 3.8) is 0 Å². The van der Waals surface area contributed by atoms with E-state index in [1.54, 1.807) is 0 Å². The molecule has 3 atom stereocenters. The third-order valence-corrected chi connectivity index (χ3v) is 2.14. The van der Waals surface area contributed by atoms with Crippen molar-refractivity contribution < 1.29 is 14.9 Å². The molecule has 2 unspecified atom stereocenters. The van der Waals surface area contributed by atoms with Gasteiger partial charge < -0.3 is 14.9 Å². The standard InChI is InChI=1S/C8H16O3/c1-5(2)8-3-6(9)7(10)4-11-8/h5-10H,3-4H2,1-2H3/t6?,7-,8?/m0/s1. The van der Waals surface area contributed by atoms with Gasteiger partial charge in [-0.1, -0.05) is 13.8 Å². The van der Waals surface area contributed by atoms with Gasteiger partial charge in [0.1, 0.15) is 6.10 Å². The van der Waals surface area contributed by atoms with Crippen LogP contribution in [0.3, 0.4) is 0 Å². The molecule has 3 nitrogen and oxygen atoms in total.